The highest BCUT2D eigenvalue weighted by Crippen LogP contribution is 2.01. The van der Waals surface area contributed by atoms with E-state index in [1.54, 1.807) is 0 Å². The standard InChI is InChI=1S/C11H13NO3/c12-7-10(13)6-11(14)15-8-9-4-2-1-3-5-9/h1-5H,6-8,12H2. The smallest absolute Gasteiger partial charge is 0.313 e. The summed E-state index contributed by atoms with van der Waals surface area (Å²) in [6.07, 6.45) is -0.247. The molecule has 0 saturated heterocycles. The lowest BCUT2D eigenvalue weighted by Gasteiger charge is -2.03. The number of ketones is 1. The van der Waals surface area contributed by atoms with E-state index in [1.807, 2.05) is 30.3 Å². The van der Waals surface area contributed by atoms with Crippen LogP contribution in [0.1, 0.15) is 12.0 Å². The first-order valence-electron chi connectivity index (χ1n) is 4.63. The van der Waals surface area contributed by atoms with Gasteiger partial charge in [-0.15, -0.1) is 0 Å². The summed E-state index contributed by atoms with van der Waals surface area (Å²) >= 11 is 0. The predicted molar refractivity (Wildman–Crippen MR) is 54.9 cm³/mol. The number of nitrogens with two attached hydrogens (primary N) is 1. The van der Waals surface area contributed by atoms with Crippen LogP contribution in [-0.2, 0) is 20.9 Å². The van der Waals surface area contributed by atoms with Crippen LogP contribution in [0.15, 0.2) is 30.3 Å². The average Bonchev–Trinajstić information content (AvgIpc) is 2.27. The van der Waals surface area contributed by atoms with Crippen LogP contribution in [-0.4, -0.2) is 18.3 Å². The van der Waals surface area contributed by atoms with Crippen LogP contribution in [0.2, 0.25) is 0 Å². The molecular weight excluding hydrogens is 194 g/mol. The molecule has 0 aliphatic rings. The Bertz CT molecular complexity index is 335. The van der Waals surface area contributed by atoms with Crippen molar-refractivity contribution in [2.75, 3.05) is 6.54 Å². The number of Topliss-reactive ketones (excluding diaryl/α,β-unsaturated/α-hetero) is 1. The van der Waals surface area contributed by atoms with Gasteiger partial charge in [-0.2, -0.15) is 0 Å². The largest absolute Gasteiger partial charge is 0.460 e. The first-order valence-corrected chi connectivity index (χ1v) is 4.63. The highest BCUT2D eigenvalue weighted by Gasteiger charge is 2.08. The van der Waals surface area contributed by atoms with Crippen LogP contribution >= 0.6 is 0 Å². The minimum absolute atomic E-state index is 0.125. The lowest BCUT2D eigenvalue weighted by atomic mass is 10.2. The van der Waals surface area contributed by atoms with E-state index in [0.717, 1.165) is 5.56 Å². The van der Waals surface area contributed by atoms with E-state index < -0.39 is 5.97 Å². The quantitative estimate of drug-likeness (QED) is 0.568. The molecule has 0 spiro atoms. The van der Waals surface area contributed by atoms with Gasteiger partial charge in [-0.05, 0) is 5.56 Å². The maximum absolute atomic E-state index is 11.1. The molecule has 1 aromatic rings. The zero-order chi connectivity index (χ0) is 11.1. The predicted octanol–water partition coefficient (Wildman–Crippen LogP) is 0.648. The Labute approximate surface area is 88.0 Å². The van der Waals surface area contributed by atoms with Gasteiger partial charge in [0.25, 0.3) is 0 Å². The van der Waals surface area contributed by atoms with Crippen molar-refractivity contribution in [2.45, 2.75) is 13.0 Å². The van der Waals surface area contributed by atoms with Crippen LogP contribution in [0, 0.1) is 0 Å². The molecule has 0 aromatic heterocycles. The maximum atomic E-state index is 11.1. The Morgan fingerprint density at radius 3 is 2.47 bits per heavy atom. The first-order chi connectivity index (χ1) is 7.22. The molecule has 0 saturated carbocycles. The van der Waals surface area contributed by atoms with Crippen molar-refractivity contribution >= 4 is 11.8 Å². The summed E-state index contributed by atoms with van der Waals surface area (Å²) in [5.74, 6) is -0.845. The molecule has 80 valence electrons. The molecule has 0 unspecified atom stereocenters. The minimum Gasteiger partial charge on any atom is -0.460 e. The van der Waals surface area contributed by atoms with E-state index in [2.05, 4.69) is 0 Å². The van der Waals surface area contributed by atoms with Crippen LogP contribution in [0.25, 0.3) is 0 Å². The van der Waals surface area contributed by atoms with Gasteiger partial charge in [-0.3, -0.25) is 9.59 Å². The Morgan fingerprint density at radius 1 is 1.20 bits per heavy atom. The Balaban J connectivity index is 2.32. The fourth-order valence-corrected chi connectivity index (χ4v) is 1.02. The molecule has 15 heavy (non-hydrogen) atoms. The van der Waals surface area contributed by atoms with E-state index in [-0.39, 0.29) is 25.4 Å². The first kappa shape index (κ1) is 11.4. The van der Waals surface area contributed by atoms with Crippen molar-refractivity contribution in [3.05, 3.63) is 35.9 Å². The topological polar surface area (TPSA) is 69.4 Å². The number of hydrogen-bond acceptors (Lipinski definition) is 4. The van der Waals surface area contributed by atoms with Gasteiger partial charge in [0.2, 0.25) is 0 Å². The van der Waals surface area contributed by atoms with Crippen molar-refractivity contribution in [3.8, 4) is 0 Å². The zero-order valence-corrected chi connectivity index (χ0v) is 8.31. The fourth-order valence-electron chi connectivity index (χ4n) is 1.02. The molecule has 4 heteroatoms. The highest BCUT2D eigenvalue weighted by atomic mass is 16.5. The van der Waals surface area contributed by atoms with Gasteiger partial charge in [0.15, 0.2) is 5.78 Å². The normalized spacial score (nSPS) is 9.67. The number of carbonyl (C=O) groups excluding carboxylic acids is 2. The van der Waals surface area contributed by atoms with Gasteiger partial charge in [0.1, 0.15) is 13.0 Å². The number of benzene rings is 1. The summed E-state index contributed by atoms with van der Waals surface area (Å²) < 4.78 is 4.89. The summed E-state index contributed by atoms with van der Waals surface area (Å²) in [6.45, 7) is 0.0674. The summed E-state index contributed by atoms with van der Waals surface area (Å²) in [6, 6.07) is 9.28. The zero-order valence-electron chi connectivity index (χ0n) is 8.31. The highest BCUT2D eigenvalue weighted by molar-refractivity contribution is 5.96. The molecule has 0 aliphatic carbocycles. The Morgan fingerprint density at radius 2 is 1.87 bits per heavy atom. The third kappa shape index (κ3) is 4.37. The van der Waals surface area contributed by atoms with Gasteiger partial charge in [0.05, 0.1) is 6.54 Å². The lowest BCUT2D eigenvalue weighted by Crippen LogP contribution is -2.18. The van der Waals surface area contributed by atoms with E-state index >= 15 is 0 Å². The Kier molecular flexibility index (Phi) is 4.50. The third-order valence-electron chi connectivity index (χ3n) is 1.81. The van der Waals surface area contributed by atoms with Gasteiger partial charge in [0, 0.05) is 0 Å². The van der Waals surface area contributed by atoms with Crippen LogP contribution in [0.3, 0.4) is 0 Å². The Hall–Kier alpha value is -1.68. The van der Waals surface area contributed by atoms with Crippen LogP contribution in [0.4, 0.5) is 0 Å². The molecule has 4 nitrogen and oxygen atoms in total. The molecule has 2 N–H and O–H groups in total. The number of hydrogen-bond donors (Lipinski definition) is 1. The van der Waals surface area contributed by atoms with Gasteiger partial charge >= 0.3 is 5.97 Å². The van der Waals surface area contributed by atoms with Crippen molar-refractivity contribution in [1.82, 2.24) is 0 Å². The SMILES string of the molecule is NCC(=O)CC(=O)OCc1ccccc1. The number of carbonyl (C=O) groups is 2. The summed E-state index contributed by atoms with van der Waals surface area (Å²) in [5, 5.41) is 0. The molecule has 1 rings (SSSR count). The van der Waals surface area contributed by atoms with Gasteiger partial charge < -0.3 is 10.5 Å². The summed E-state index contributed by atoms with van der Waals surface area (Å²) in [7, 11) is 0. The lowest BCUT2D eigenvalue weighted by molar-refractivity contribution is -0.147. The van der Waals surface area contributed by atoms with Gasteiger partial charge in [-0.1, -0.05) is 30.3 Å². The minimum atomic E-state index is -0.533. The molecule has 0 amide bonds. The van der Waals surface area contributed by atoms with Crippen molar-refractivity contribution < 1.29 is 14.3 Å². The molecule has 0 heterocycles. The van der Waals surface area contributed by atoms with E-state index in [9.17, 15) is 9.59 Å². The number of rotatable bonds is 5. The third-order valence-corrected chi connectivity index (χ3v) is 1.81. The van der Waals surface area contributed by atoms with Gasteiger partial charge in [-0.25, -0.2) is 0 Å². The van der Waals surface area contributed by atoms with Crippen LogP contribution in [0.5, 0.6) is 0 Å². The second-order valence-electron chi connectivity index (χ2n) is 3.07. The monoisotopic (exact) mass is 207 g/mol. The fraction of sp³-hybridized carbons (Fsp3) is 0.273. The molecule has 0 atom stereocenters. The van der Waals surface area contributed by atoms with E-state index in [4.69, 9.17) is 10.5 Å². The average molecular weight is 207 g/mol. The van der Waals surface area contributed by atoms with E-state index in [0.29, 0.717) is 0 Å². The number of esters is 1. The molecule has 0 radical (unpaired) electrons. The number of ether oxygens (including phenoxy) is 1. The molecule has 1 aromatic carbocycles. The van der Waals surface area contributed by atoms with E-state index in [1.165, 1.54) is 0 Å². The van der Waals surface area contributed by atoms with Crippen molar-refractivity contribution in [3.63, 3.8) is 0 Å². The molecule has 0 bridgehead atoms. The van der Waals surface area contributed by atoms with Crippen molar-refractivity contribution in [2.24, 2.45) is 5.73 Å². The summed E-state index contributed by atoms with van der Waals surface area (Å²) in [4.78, 5) is 21.9. The van der Waals surface area contributed by atoms with Crippen LogP contribution < -0.4 is 5.73 Å². The molecular formula is C11H13NO3. The second kappa shape index (κ2) is 5.93. The molecule has 0 fully saturated rings. The molecule has 0 aliphatic heterocycles. The van der Waals surface area contributed by atoms with Crippen molar-refractivity contribution in [1.29, 1.82) is 0 Å². The second-order valence-corrected chi connectivity index (χ2v) is 3.07. The summed E-state index contributed by atoms with van der Waals surface area (Å²) in [5.41, 5.74) is 5.96. The maximum Gasteiger partial charge on any atom is 0.313 e.